The minimum absolute atomic E-state index is 0.0183. The third kappa shape index (κ3) is 5.72. The maximum Gasteiger partial charge on any atom is 0.357 e. The molecule has 206 valence electrons. The molecule has 0 spiro atoms. The second-order valence-electron chi connectivity index (χ2n) is 10.7. The van der Waals surface area contributed by atoms with E-state index >= 15 is 0 Å². The van der Waals surface area contributed by atoms with Crippen molar-refractivity contribution < 1.29 is 37.6 Å². The first-order valence-corrected chi connectivity index (χ1v) is 15.7. The lowest BCUT2D eigenvalue weighted by atomic mass is 9.87. The second kappa shape index (κ2) is 11.0. The van der Waals surface area contributed by atoms with Crippen molar-refractivity contribution in [1.82, 2.24) is 0 Å². The van der Waals surface area contributed by atoms with Gasteiger partial charge in [0, 0.05) is 30.3 Å². The molecule has 0 bridgehead atoms. The molecule has 0 unspecified atom stereocenters. The highest BCUT2D eigenvalue weighted by Crippen LogP contribution is 2.47. The van der Waals surface area contributed by atoms with Gasteiger partial charge >= 0.3 is 5.24 Å². The summed E-state index contributed by atoms with van der Waals surface area (Å²) in [6, 6.07) is 7.36. The molecule has 0 aromatic heterocycles. The summed E-state index contributed by atoms with van der Waals surface area (Å²) >= 11 is 5.43. The number of ether oxygens (including phenoxy) is 7. The van der Waals surface area contributed by atoms with Crippen molar-refractivity contribution in [2.75, 3.05) is 34.7 Å². The lowest BCUT2D eigenvalue weighted by Crippen LogP contribution is -2.44. The minimum Gasteiger partial charge on any atom is -0.493 e. The normalized spacial score (nSPS) is 18.0. The number of thiocarbonyl (C=S) groups is 1. The summed E-state index contributed by atoms with van der Waals surface area (Å²) in [6.07, 6.45) is 3.93. The van der Waals surface area contributed by atoms with Crippen LogP contribution in [0.15, 0.2) is 30.3 Å². The number of methoxy groups -OCH3 is 3. The number of rotatable bonds is 8. The minimum atomic E-state index is -2.14. The van der Waals surface area contributed by atoms with E-state index in [1.54, 1.807) is 19.2 Å². The molecule has 2 aliphatic rings. The Balaban J connectivity index is 1.54. The standard InChI is InChI=1S/C28H36O8SSi/c1-28(2,3)38(7,8)36-25-18(10-9-17-11-21-22(14-20(17)25)34-16-33-21)15-32-27(37)35-19-12-23(29-4)26(31-6)24(13-19)30-5/h9-14,18,25H,15-16H2,1-8H3/t18-,25+/m1/s1. The Bertz CT molecular complexity index is 1200. The molecular formula is C28H36O8SSi. The first kappa shape index (κ1) is 28.1. The zero-order valence-electron chi connectivity index (χ0n) is 23.2. The van der Waals surface area contributed by atoms with Gasteiger partial charge in [-0.25, -0.2) is 0 Å². The van der Waals surface area contributed by atoms with E-state index in [1.807, 2.05) is 12.1 Å². The van der Waals surface area contributed by atoms with Gasteiger partial charge in [0.1, 0.15) is 12.4 Å². The van der Waals surface area contributed by atoms with Crippen LogP contribution in [0.25, 0.3) is 6.08 Å². The number of fused-ring (bicyclic) bond motifs is 2. The van der Waals surface area contributed by atoms with Crippen LogP contribution in [0, 0.1) is 5.92 Å². The van der Waals surface area contributed by atoms with Gasteiger partial charge in [-0.3, -0.25) is 0 Å². The molecule has 2 atom stereocenters. The zero-order valence-corrected chi connectivity index (χ0v) is 25.0. The lowest BCUT2D eigenvalue weighted by Gasteiger charge is -2.42. The van der Waals surface area contributed by atoms with Crippen LogP contribution < -0.4 is 28.4 Å². The van der Waals surface area contributed by atoms with Crippen LogP contribution in [0.2, 0.25) is 18.1 Å². The molecule has 0 amide bonds. The Morgan fingerprint density at radius 2 is 1.61 bits per heavy atom. The van der Waals surface area contributed by atoms with Crippen LogP contribution in [0.1, 0.15) is 38.0 Å². The van der Waals surface area contributed by atoms with E-state index in [4.69, 9.17) is 49.8 Å². The molecule has 2 aromatic rings. The molecule has 1 aliphatic heterocycles. The number of hydrogen-bond donors (Lipinski definition) is 0. The summed E-state index contributed by atoms with van der Waals surface area (Å²) in [6.45, 7) is 11.7. The molecule has 0 saturated carbocycles. The average molecular weight is 561 g/mol. The maximum atomic E-state index is 6.96. The predicted molar refractivity (Wildman–Crippen MR) is 151 cm³/mol. The molecule has 4 rings (SSSR count). The maximum absolute atomic E-state index is 6.96. The average Bonchev–Trinajstić information content (AvgIpc) is 3.33. The van der Waals surface area contributed by atoms with Gasteiger partial charge in [0.25, 0.3) is 0 Å². The Morgan fingerprint density at radius 1 is 0.974 bits per heavy atom. The first-order chi connectivity index (χ1) is 18.0. The summed E-state index contributed by atoms with van der Waals surface area (Å²) in [5.41, 5.74) is 2.09. The summed E-state index contributed by atoms with van der Waals surface area (Å²) < 4.78 is 46.2. The number of benzene rings is 2. The smallest absolute Gasteiger partial charge is 0.357 e. The van der Waals surface area contributed by atoms with Gasteiger partial charge in [-0.1, -0.05) is 32.9 Å². The predicted octanol–water partition coefficient (Wildman–Crippen LogP) is 6.53. The van der Waals surface area contributed by atoms with Crippen molar-refractivity contribution in [1.29, 1.82) is 0 Å². The second-order valence-corrected chi connectivity index (χ2v) is 15.8. The van der Waals surface area contributed by atoms with E-state index in [0.29, 0.717) is 23.0 Å². The van der Waals surface area contributed by atoms with Crippen molar-refractivity contribution in [2.45, 2.75) is 45.0 Å². The highest BCUT2D eigenvalue weighted by molar-refractivity contribution is 7.79. The van der Waals surface area contributed by atoms with Gasteiger partial charge in [0.2, 0.25) is 12.5 Å². The molecule has 0 radical (unpaired) electrons. The molecule has 0 saturated heterocycles. The molecule has 2 aromatic carbocycles. The molecule has 0 N–H and O–H groups in total. The largest absolute Gasteiger partial charge is 0.493 e. The van der Waals surface area contributed by atoms with E-state index in [0.717, 1.165) is 22.6 Å². The molecule has 38 heavy (non-hydrogen) atoms. The summed E-state index contributed by atoms with van der Waals surface area (Å²) in [5, 5.41) is 0.0104. The van der Waals surface area contributed by atoms with Crippen molar-refractivity contribution in [3.8, 4) is 34.5 Å². The third-order valence-corrected chi connectivity index (χ3v) is 11.9. The Hall–Kier alpha value is -2.95. The molecule has 1 heterocycles. The quantitative estimate of drug-likeness (QED) is 0.265. The van der Waals surface area contributed by atoms with Crippen molar-refractivity contribution in [3.05, 3.63) is 41.5 Å². The van der Waals surface area contributed by atoms with Crippen molar-refractivity contribution in [2.24, 2.45) is 5.92 Å². The van der Waals surface area contributed by atoms with Gasteiger partial charge < -0.3 is 37.6 Å². The van der Waals surface area contributed by atoms with Crippen molar-refractivity contribution >= 4 is 31.8 Å². The Kier molecular flexibility index (Phi) is 8.15. The SMILES string of the molecule is COc1cc(OC(=S)OC[C@H]2C=Cc3cc4c(cc3[C@H]2O[Si](C)(C)C(C)(C)C)OCO4)cc(OC)c1OC. The van der Waals surface area contributed by atoms with E-state index in [2.05, 4.69) is 46.0 Å². The zero-order chi connectivity index (χ0) is 27.7. The summed E-state index contributed by atoms with van der Waals surface area (Å²) in [7, 11) is 2.48. The third-order valence-electron chi connectivity index (χ3n) is 7.26. The van der Waals surface area contributed by atoms with Gasteiger partial charge in [0.05, 0.1) is 27.4 Å². The van der Waals surface area contributed by atoms with Crippen LogP contribution in [0.4, 0.5) is 0 Å². The van der Waals surface area contributed by atoms with Crippen molar-refractivity contribution in [3.63, 3.8) is 0 Å². The van der Waals surface area contributed by atoms with Crippen LogP contribution >= 0.6 is 12.2 Å². The number of hydrogen-bond acceptors (Lipinski definition) is 9. The van der Waals surface area contributed by atoms with Gasteiger partial charge in [-0.2, -0.15) is 0 Å². The van der Waals surface area contributed by atoms with Gasteiger partial charge in [0.15, 0.2) is 31.3 Å². The van der Waals surface area contributed by atoms with Crippen LogP contribution in [0.3, 0.4) is 0 Å². The highest BCUT2D eigenvalue weighted by atomic mass is 32.1. The van der Waals surface area contributed by atoms with Crippen LogP contribution in [-0.4, -0.2) is 48.3 Å². The van der Waals surface area contributed by atoms with E-state index < -0.39 is 8.32 Å². The molecular weight excluding hydrogens is 524 g/mol. The topological polar surface area (TPSA) is 73.8 Å². The highest BCUT2D eigenvalue weighted by Gasteiger charge is 2.42. The van der Waals surface area contributed by atoms with E-state index in [-0.39, 0.29) is 35.7 Å². The summed E-state index contributed by atoms with van der Waals surface area (Å²) in [5.74, 6) is 3.16. The Morgan fingerprint density at radius 3 is 2.18 bits per heavy atom. The molecule has 8 nitrogen and oxygen atoms in total. The monoisotopic (exact) mass is 560 g/mol. The fraction of sp³-hybridized carbons (Fsp3) is 0.464. The van der Waals surface area contributed by atoms with E-state index in [9.17, 15) is 0 Å². The molecule has 1 aliphatic carbocycles. The van der Waals surface area contributed by atoms with E-state index in [1.165, 1.54) is 14.2 Å². The summed E-state index contributed by atoms with van der Waals surface area (Å²) in [4.78, 5) is 0. The fourth-order valence-corrected chi connectivity index (χ4v) is 5.57. The Labute approximate surface area is 230 Å². The molecule has 10 heteroatoms. The molecule has 0 fully saturated rings. The van der Waals surface area contributed by atoms with Gasteiger partial charge in [-0.15, -0.1) is 0 Å². The van der Waals surface area contributed by atoms with Gasteiger partial charge in [-0.05, 0) is 41.4 Å². The lowest BCUT2D eigenvalue weighted by molar-refractivity contribution is 0.0953. The first-order valence-electron chi connectivity index (χ1n) is 12.4. The van der Waals surface area contributed by atoms with Crippen LogP contribution in [0.5, 0.6) is 34.5 Å². The van der Waals surface area contributed by atoms with Crippen LogP contribution in [-0.2, 0) is 9.16 Å². The fourth-order valence-electron chi connectivity index (χ4n) is 4.12.